The Morgan fingerprint density at radius 2 is 1.92 bits per heavy atom. The first-order valence-corrected chi connectivity index (χ1v) is 9.04. The Morgan fingerprint density at radius 1 is 1.12 bits per heavy atom. The summed E-state index contributed by atoms with van der Waals surface area (Å²) in [7, 11) is 0. The Balaban J connectivity index is 1.68. The van der Waals surface area contributed by atoms with E-state index in [-0.39, 0.29) is 17.7 Å². The standard InChI is InChI=1S/C21H25N3O2/c1-14-8-9-17(12-16(14)3)21(26)24-11-5-7-18(13-24)20(25)23-19-15(2)6-4-10-22-19/h4,6,8-10,12,18H,5,7,11,13H2,1-3H3,(H,22,23,25). The third-order valence-corrected chi connectivity index (χ3v) is 5.08. The highest BCUT2D eigenvalue weighted by molar-refractivity contribution is 5.96. The number of nitrogens with one attached hydrogen (secondary N) is 1. The first-order chi connectivity index (χ1) is 12.5. The van der Waals surface area contributed by atoms with Crippen molar-refractivity contribution in [3.63, 3.8) is 0 Å². The van der Waals surface area contributed by atoms with Crippen LogP contribution >= 0.6 is 0 Å². The molecule has 1 unspecified atom stereocenters. The zero-order valence-electron chi connectivity index (χ0n) is 15.6. The molecular formula is C21H25N3O2. The minimum atomic E-state index is -0.208. The summed E-state index contributed by atoms with van der Waals surface area (Å²) in [4.78, 5) is 31.5. The van der Waals surface area contributed by atoms with Crippen LogP contribution in [0.2, 0.25) is 0 Å². The SMILES string of the molecule is Cc1ccc(C(=O)N2CCCC(C(=O)Nc3ncccc3C)C2)cc1C. The van der Waals surface area contributed by atoms with Crippen LogP contribution in [0.25, 0.3) is 0 Å². The van der Waals surface area contributed by atoms with E-state index in [4.69, 9.17) is 0 Å². The predicted octanol–water partition coefficient (Wildman–Crippen LogP) is 3.50. The number of hydrogen-bond acceptors (Lipinski definition) is 3. The number of pyridine rings is 1. The second-order valence-corrected chi connectivity index (χ2v) is 7.05. The Bertz CT molecular complexity index is 832. The van der Waals surface area contributed by atoms with Gasteiger partial charge in [-0.05, 0) is 68.5 Å². The van der Waals surface area contributed by atoms with E-state index < -0.39 is 0 Å². The highest BCUT2D eigenvalue weighted by atomic mass is 16.2. The first-order valence-electron chi connectivity index (χ1n) is 9.04. The fourth-order valence-corrected chi connectivity index (χ4v) is 3.27. The van der Waals surface area contributed by atoms with Gasteiger partial charge in [-0.3, -0.25) is 9.59 Å². The van der Waals surface area contributed by atoms with Gasteiger partial charge in [0.05, 0.1) is 5.92 Å². The molecule has 0 radical (unpaired) electrons. The van der Waals surface area contributed by atoms with Crippen molar-refractivity contribution in [2.75, 3.05) is 18.4 Å². The number of piperidine rings is 1. The van der Waals surface area contributed by atoms with Gasteiger partial charge in [0.15, 0.2) is 0 Å². The quantitative estimate of drug-likeness (QED) is 0.921. The van der Waals surface area contributed by atoms with Crippen LogP contribution in [0.3, 0.4) is 0 Å². The maximum Gasteiger partial charge on any atom is 0.253 e. The molecule has 1 aliphatic rings. The van der Waals surface area contributed by atoms with E-state index in [2.05, 4.69) is 10.3 Å². The second-order valence-electron chi connectivity index (χ2n) is 7.05. The van der Waals surface area contributed by atoms with Crippen molar-refractivity contribution in [1.82, 2.24) is 9.88 Å². The summed E-state index contributed by atoms with van der Waals surface area (Å²) in [5.74, 6) is 0.319. The van der Waals surface area contributed by atoms with E-state index in [1.54, 1.807) is 11.1 Å². The van der Waals surface area contributed by atoms with Gasteiger partial charge in [0.2, 0.25) is 5.91 Å². The number of carbonyl (C=O) groups is 2. The molecule has 2 aromatic rings. The highest BCUT2D eigenvalue weighted by Gasteiger charge is 2.29. The summed E-state index contributed by atoms with van der Waals surface area (Å²) < 4.78 is 0. The molecule has 3 rings (SSSR count). The highest BCUT2D eigenvalue weighted by Crippen LogP contribution is 2.21. The van der Waals surface area contributed by atoms with Crippen LogP contribution < -0.4 is 5.32 Å². The molecule has 0 spiro atoms. The number of likely N-dealkylation sites (tertiary alicyclic amines) is 1. The van der Waals surface area contributed by atoms with Gasteiger partial charge in [-0.25, -0.2) is 4.98 Å². The van der Waals surface area contributed by atoms with Crippen LogP contribution in [-0.2, 0) is 4.79 Å². The number of amides is 2. The molecule has 1 saturated heterocycles. The lowest BCUT2D eigenvalue weighted by atomic mass is 9.96. The zero-order chi connectivity index (χ0) is 18.7. The van der Waals surface area contributed by atoms with Crippen molar-refractivity contribution in [2.45, 2.75) is 33.6 Å². The Hall–Kier alpha value is -2.69. The first kappa shape index (κ1) is 18.1. The normalized spacial score (nSPS) is 17.0. The van der Waals surface area contributed by atoms with Crippen LogP contribution in [-0.4, -0.2) is 34.8 Å². The van der Waals surface area contributed by atoms with Crippen molar-refractivity contribution in [1.29, 1.82) is 0 Å². The Morgan fingerprint density at radius 3 is 2.65 bits per heavy atom. The van der Waals surface area contributed by atoms with E-state index >= 15 is 0 Å². The molecule has 5 heteroatoms. The molecule has 0 bridgehead atoms. The maximum atomic E-state index is 12.8. The summed E-state index contributed by atoms with van der Waals surface area (Å²) in [6.45, 7) is 7.10. The van der Waals surface area contributed by atoms with Crippen LogP contribution in [0, 0.1) is 26.7 Å². The van der Waals surface area contributed by atoms with Gasteiger partial charge < -0.3 is 10.2 Å². The molecule has 1 fully saturated rings. The summed E-state index contributed by atoms with van der Waals surface area (Å²) >= 11 is 0. The summed E-state index contributed by atoms with van der Waals surface area (Å²) in [5, 5.41) is 2.91. The Labute approximate surface area is 154 Å². The summed E-state index contributed by atoms with van der Waals surface area (Å²) in [6, 6.07) is 9.53. The van der Waals surface area contributed by atoms with Gasteiger partial charge in [0.1, 0.15) is 5.82 Å². The molecule has 2 amide bonds. The molecule has 26 heavy (non-hydrogen) atoms. The number of aryl methyl sites for hydroxylation is 3. The smallest absolute Gasteiger partial charge is 0.253 e. The number of nitrogens with zero attached hydrogens (tertiary/aromatic N) is 2. The van der Waals surface area contributed by atoms with E-state index in [0.717, 1.165) is 24.0 Å². The van der Waals surface area contributed by atoms with Crippen molar-refractivity contribution in [2.24, 2.45) is 5.92 Å². The fourth-order valence-electron chi connectivity index (χ4n) is 3.27. The number of carbonyl (C=O) groups excluding carboxylic acids is 2. The lowest BCUT2D eigenvalue weighted by molar-refractivity contribution is -0.121. The molecule has 1 aromatic carbocycles. The van der Waals surface area contributed by atoms with Crippen molar-refractivity contribution in [3.05, 3.63) is 58.8 Å². The number of benzene rings is 1. The van der Waals surface area contributed by atoms with Crippen molar-refractivity contribution >= 4 is 17.6 Å². The monoisotopic (exact) mass is 351 g/mol. The van der Waals surface area contributed by atoms with Crippen LogP contribution in [0.1, 0.15) is 39.9 Å². The maximum absolute atomic E-state index is 12.8. The minimum Gasteiger partial charge on any atom is -0.338 e. The molecule has 1 aromatic heterocycles. The largest absolute Gasteiger partial charge is 0.338 e. The fraction of sp³-hybridized carbons (Fsp3) is 0.381. The van der Waals surface area contributed by atoms with Crippen LogP contribution in [0.5, 0.6) is 0 Å². The zero-order valence-corrected chi connectivity index (χ0v) is 15.6. The van der Waals surface area contributed by atoms with Crippen LogP contribution in [0.15, 0.2) is 36.5 Å². The lowest BCUT2D eigenvalue weighted by Crippen LogP contribution is -2.43. The number of hydrogen-bond donors (Lipinski definition) is 1. The molecule has 1 atom stereocenters. The number of anilines is 1. The van der Waals surface area contributed by atoms with E-state index in [9.17, 15) is 9.59 Å². The van der Waals surface area contributed by atoms with E-state index in [0.29, 0.717) is 24.5 Å². The van der Waals surface area contributed by atoms with Gasteiger partial charge >= 0.3 is 0 Å². The van der Waals surface area contributed by atoms with Gasteiger partial charge in [-0.15, -0.1) is 0 Å². The molecule has 1 aliphatic heterocycles. The van der Waals surface area contributed by atoms with E-state index in [1.807, 2.05) is 51.1 Å². The third-order valence-electron chi connectivity index (χ3n) is 5.08. The number of aromatic nitrogens is 1. The molecule has 1 N–H and O–H groups in total. The molecule has 5 nitrogen and oxygen atoms in total. The average molecular weight is 351 g/mol. The molecule has 0 aliphatic carbocycles. The minimum absolute atomic E-state index is 0.000355. The second kappa shape index (κ2) is 7.68. The summed E-state index contributed by atoms with van der Waals surface area (Å²) in [6.07, 6.45) is 3.28. The Kier molecular flexibility index (Phi) is 5.35. The van der Waals surface area contributed by atoms with Gasteiger partial charge in [-0.2, -0.15) is 0 Å². The molecule has 136 valence electrons. The molecular weight excluding hydrogens is 326 g/mol. The average Bonchev–Trinajstić information content (AvgIpc) is 2.65. The van der Waals surface area contributed by atoms with E-state index in [1.165, 1.54) is 5.56 Å². The van der Waals surface area contributed by atoms with Crippen LogP contribution in [0.4, 0.5) is 5.82 Å². The number of rotatable bonds is 3. The van der Waals surface area contributed by atoms with Crippen molar-refractivity contribution in [3.8, 4) is 0 Å². The van der Waals surface area contributed by atoms with Gasteiger partial charge in [-0.1, -0.05) is 12.1 Å². The summed E-state index contributed by atoms with van der Waals surface area (Å²) in [5.41, 5.74) is 3.89. The van der Waals surface area contributed by atoms with Crippen molar-refractivity contribution < 1.29 is 9.59 Å². The molecule has 0 saturated carbocycles. The van der Waals surface area contributed by atoms with Gasteiger partial charge in [0, 0.05) is 24.8 Å². The topological polar surface area (TPSA) is 62.3 Å². The lowest BCUT2D eigenvalue weighted by Gasteiger charge is -2.32. The molecule has 2 heterocycles. The predicted molar refractivity (Wildman–Crippen MR) is 102 cm³/mol. The third kappa shape index (κ3) is 3.93. The van der Waals surface area contributed by atoms with Gasteiger partial charge in [0.25, 0.3) is 5.91 Å².